The van der Waals surface area contributed by atoms with Crippen molar-refractivity contribution in [3.05, 3.63) is 44.7 Å². The highest BCUT2D eigenvalue weighted by Gasteiger charge is 2.21. The first-order valence-electron chi connectivity index (χ1n) is 8.59. The van der Waals surface area contributed by atoms with Gasteiger partial charge < -0.3 is 20.1 Å². The van der Waals surface area contributed by atoms with E-state index in [1.54, 1.807) is 17.0 Å². The second kappa shape index (κ2) is 8.01. The van der Waals surface area contributed by atoms with Crippen LogP contribution < -0.4 is 10.7 Å². The number of piperazine rings is 1. The highest BCUT2D eigenvalue weighted by atomic mass is 79.9. The molecular formula is C18H21BrN4O3. The summed E-state index contributed by atoms with van der Waals surface area (Å²) in [7, 11) is 0. The Balaban J connectivity index is 1.65. The fourth-order valence-electron chi connectivity index (χ4n) is 3.04. The molecule has 0 unspecified atom stereocenters. The van der Waals surface area contributed by atoms with Gasteiger partial charge in [0, 0.05) is 47.8 Å². The lowest BCUT2D eigenvalue weighted by atomic mass is 10.1. The third kappa shape index (κ3) is 3.96. The molecule has 2 amide bonds. The molecule has 1 aromatic heterocycles. The standard InChI is InChI=1S/C18H21BrN4O3/c1-2-22-5-7-23(8-6-22)16(24)11-21-18(26)14-10-20-15-4-3-12(19)9-13(15)17(14)25/h3-4,9-10H,2,5-8,11H2,1H3,(H,20,25)(H,21,26). The molecule has 0 atom stereocenters. The summed E-state index contributed by atoms with van der Waals surface area (Å²) in [6.07, 6.45) is 1.39. The van der Waals surface area contributed by atoms with E-state index in [0.29, 0.717) is 24.0 Å². The molecule has 0 bridgehead atoms. The van der Waals surface area contributed by atoms with E-state index in [2.05, 4.69) is 38.1 Å². The number of amides is 2. The quantitative estimate of drug-likeness (QED) is 0.777. The number of aromatic amines is 1. The lowest BCUT2D eigenvalue weighted by molar-refractivity contribution is -0.131. The smallest absolute Gasteiger partial charge is 0.257 e. The summed E-state index contributed by atoms with van der Waals surface area (Å²) in [5.74, 6) is -0.678. The van der Waals surface area contributed by atoms with Crippen LogP contribution in [0.25, 0.3) is 10.9 Å². The van der Waals surface area contributed by atoms with Crippen LogP contribution in [0, 0.1) is 0 Å². The topological polar surface area (TPSA) is 85.5 Å². The summed E-state index contributed by atoms with van der Waals surface area (Å²) in [6.45, 7) is 5.96. The zero-order valence-electron chi connectivity index (χ0n) is 14.5. The van der Waals surface area contributed by atoms with Gasteiger partial charge in [0.15, 0.2) is 0 Å². The Morgan fingerprint density at radius 3 is 2.65 bits per heavy atom. The van der Waals surface area contributed by atoms with Crippen molar-refractivity contribution in [3.63, 3.8) is 0 Å². The summed E-state index contributed by atoms with van der Waals surface area (Å²) in [5.41, 5.74) is 0.292. The molecule has 2 heterocycles. The number of benzene rings is 1. The number of hydrogen-bond donors (Lipinski definition) is 2. The average molecular weight is 421 g/mol. The van der Waals surface area contributed by atoms with Gasteiger partial charge in [-0.15, -0.1) is 0 Å². The molecule has 2 N–H and O–H groups in total. The van der Waals surface area contributed by atoms with E-state index >= 15 is 0 Å². The molecule has 2 aromatic rings. The van der Waals surface area contributed by atoms with Crippen molar-refractivity contribution >= 4 is 38.6 Å². The minimum absolute atomic E-state index is 0.000739. The van der Waals surface area contributed by atoms with Gasteiger partial charge in [-0.05, 0) is 24.7 Å². The number of rotatable bonds is 4. The number of carbonyl (C=O) groups is 2. The van der Waals surface area contributed by atoms with Gasteiger partial charge in [-0.2, -0.15) is 0 Å². The molecule has 0 spiro atoms. The number of halogens is 1. The lowest BCUT2D eigenvalue weighted by Crippen LogP contribution is -2.51. The summed E-state index contributed by atoms with van der Waals surface area (Å²) < 4.78 is 0.759. The van der Waals surface area contributed by atoms with Crippen LogP contribution in [0.4, 0.5) is 0 Å². The van der Waals surface area contributed by atoms with Crippen LogP contribution in [0.15, 0.2) is 33.7 Å². The van der Waals surface area contributed by atoms with Crippen molar-refractivity contribution in [1.29, 1.82) is 0 Å². The van der Waals surface area contributed by atoms with Gasteiger partial charge in [0.05, 0.1) is 6.54 Å². The van der Waals surface area contributed by atoms with Gasteiger partial charge in [-0.25, -0.2) is 0 Å². The third-order valence-corrected chi connectivity index (χ3v) is 5.15. The van der Waals surface area contributed by atoms with E-state index in [1.165, 1.54) is 6.20 Å². The first-order valence-corrected chi connectivity index (χ1v) is 9.38. The van der Waals surface area contributed by atoms with Gasteiger partial charge in [0.25, 0.3) is 5.91 Å². The SMILES string of the molecule is CCN1CCN(C(=O)CNC(=O)c2c[nH]c3ccc(Br)cc3c2=O)CC1. The molecule has 1 aliphatic heterocycles. The average Bonchev–Trinajstić information content (AvgIpc) is 2.66. The number of carbonyl (C=O) groups excluding carboxylic acids is 2. The summed E-state index contributed by atoms with van der Waals surface area (Å²) in [6, 6.07) is 5.25. The molecule has 8 heteroatoms. The molecule has 138 valence electrons. The fourth-order valence-corrected chi connectivity index (χ4v) is 3.40. The minimum Gasteiger partial charge on any atom is -0.360 e. The molecule has 7 nitrogen and oxygen atoms in total. The Bertz CT molecular complexity index is 888. The van der Waals surface area contributed by atoms with Crippen LogP contribution >= 0.6 is 15.9 Å². The number of pyridine rings is 1. The molecular weight excluding hydrogens is 400 g/mol. The van der Waals surface area contributed by atoms with Crippen molar-refractivity contribution < 1.29 is 9.59 Å². The van der Waals surface area contributed by atoms with Crippen LogP contribution in [-0.2, 0) is 4.79 Å². The maximum absolute atomic E-state index is 12.5. The number of fused-ring (bicyclic) bond motifs is 1. The fraction of sp³-hybridized carbons (Fsp3) is 0.389. The predicted molar refractivity (Wildman–Crippen MR) is 103 cm³/mol. The number of likely N-dealkylation sites (N-methyl/N-ethyl adjacent to an activating group) is 1. The van der Waals surface area contributed by atoms with Crippen molar-refractivity contribution in [1.82, 2.24) is 20.1 Å². The molecule has 0 radical (unpaired) electrons. The monoisotopic (exact) mass is 420 g/mol. The maximum Gasteiger partial charge on any atom is 0.257 e. The highest BCUT2D eigenvalue weighted by Crippen LogP contribution is 2.15. The van der Waals surface area contributed by atoms with E-state index in [4.69, 9.17) is 0 Å². The van der Waals surface area contributed by atoms with Crippen molar-refractivity contribution in [3.8, 4) is 0 Å². The van der Waals surface area contributed by atoms with Crippen molar-refractivity contribution in [2.45, 2.75) is 6.92 Å². The van der Waals surface area contributed by atoms with Crippen LogP contribution in [0.5, 0.6) is 0 Å². The molecule has 1 aliphatic rings. The van der Waals surface area contributed by atoms with Crippen LogP contribution in [-0.4, -0.2) is 65.9 Å². The summed E-state index contributed by atoms with van der Waals surface area (Å²) >= 11 is 3.32. The molecule has 1 aromatic carbocycles. The van der Waals surface area contributed by atoms with Gasteiger partial charge in [0.2, 0.25) is 11.3 Å². The number of nitrogens with one attached hydrogen (secondary N) is 2. The molecule has 0 saturated carbocycles. The number of aromatic nitrogens is 1. The Kier molecular flexibility index (Phi) is 5.73. The molecule has 1 fully saturated rings. The lowest BCUT2D eigenvalue weighted by Gasteiger charge is -2.34. The highest BCUT2D eigenvalue weighted by molar-refractivity contribution is 9.10. The molecule has 0 aliphatic carbocycles. The molecule has 26 heavy (non-hydrogen) atoms. The van der Waals surface area contributed by atoms with Gasteiger partial charge in [-0.3, -0.25) is 14.4 Å². The maximum atomic E-state index is 12.5. The first kappa shape index (κ1) is 18.6. The zero-order valence-corrected chi connectivity index (χ0v) is 16.1. The van der Waals surface area contributed by atoms with E-state index in [0.717, 1.165) is 24.1 Å². The van der Waals surface area contributed by atoms with E-state index in [9.17, 15) is 14.4 Å². The Morgan fingerprint density at radius 1 is 1.23 bits per heavy atom. The van der Waals surface area contributed by atoms with Gasteiger partial charge >= 0.3 is 0 Å². The van der Waals surface area contributed by atoms with Crippen LogP contribution in [0.3, 0.4) is 0 Å². The van der Waals surface area contributed by atoms with E-state index in [-0.39, 0.29) is 23.4 Å². The Labute approximate surface area is 159 Å². The van der Waals surface area contributed by atoms with Gasteiger partial charge in [0.1, 0.15) is 5.56 Å². The largest absolute Gasteiger partial charge is 0.360 e. The Hall–Kier alpha value is -2.19. The number of hydrogen-bond acceptors (Lipinski definition) is 4. The predicted octanol–water partition coefficient (Wildman–Crippen LogP) is 1.18. The number of nitrogens with zero attached hydrogens (tertiary/aromatic N) is 2. The Morgan fingerprint density at radius 2 is 1.96 bits per heavy atom. The van der Waals surface area contributed by atoms with E-state index < -0.39 is 5.91 Å². The van der Waals surface area contributed by atoms with Crippen LogP contribution in [0.1, 0.15) is 17.3 Å². The summed E-state index contributed by atoms with van der Waals surface area (Å²) in [5, 5.41) is 2.99. The zero-order chi connectivity index (χ0) is 18.7. The number of H-pyrrole nitrogens is 1. The molecule has 3 rings (SSSR count). The third-order valence-electron chi connectivity index (χ3n) is 4.66. The van der Waals surface area contributed by atoms with Crippen LogP contribution in [0.2, 0.25) is 0 Å². The normalized spacial score (nSPS) is 15.2. The first-order chi connectivity index (χ1) is 12.5. The minimum atomic E-state index is -0.548. The van der Waals surface area contributed by atoms with Gasteiger partial charge in [-0.1, -0.05) is 22.9 Å². The summed E-state index contributed by atoms with van der Waals surface area (Å²) in [4.78, 5) is 44.1. The second-order valence-corrected chi connectivity index (χ2v) is 7.13. The van der Waals surface area contributed by atoms with Crippen molar-refractivity contribution in [2.75, 3.05) is 39.3 Å². The second-order valence-electron chi connectivity index (χ2n) is 6.22. The van der Waals surface area contributed by atoms with E-state index in [1.807, 2.05) is 6.07 Å². The molecule has 1 saturated heterocycles. The van der Waals surface area contributed by atoms with Crippen molar-refractivity contribution in [2.24, 2.45) is 0 Å².